The molecule has 262 valence electrons. The Labute approximate surface area is 297 Å². The third kappa shape index (κ3) is 9.60. The maximum absolute atomic E-state index is 14.4. The zero-order valence-corrected chi connectivity index (χ0v) is 31.4. The number of nitrogens with zero attached hydrogens (tertiary/aromatic N) is 4. The first kappa shape index (κ1) is 37.8. The van der Waals surface area contributed by atoms with E-state index in [-0.39, 0.29) is 11.5 Å². The number of aryl methyl sites for hydroxylation is 2. The number of aliphatic imine (C=N–C) groups is 1. The molecular weight excluding hydrogens is 630 g/mol. The zero-order chi connectivity index (χ0) is 35.7. The van der Waals surface area contributed by atoms with Crippen LogP contribution in [-0.2, 0) is 11.3 Å². The van der Waals surface area contributed by atoms with Crippen molar-refractivity contribution >= 4 is 51.2 Å². The normalized spacial score (nSPS) is 13.7. The van der Waals surface area contributed by atoms with Crippen molar-refractivity contribution < 1.29 is 4.79 Å². The Bertz CT molecular complexity index is 1830. The molecule has 0 bridgehead atoms. The highest BCUT2D eigenvalue weighted by Gasteiger charge is 2.27. The van der Waals surface area contributed by atoms with Gasteiger partial charge >= 0.3 is 0 Å². The van der Waals surface area contributed by atoms with Gasteiger partial charge in [0.2, 0.25) is 0 Å². The van der Waals surface area contributed by atoms with Crippen molar-refractivity contribution in [2.24, 2.45) is 22.7 Å². The fourth-order valence-corrected chi connectivity index (χ4v) is 6.80. The fourth-order valence-electron chi connectivity index (χ4n) is 6.63. The molecule has 3 unspecified atom stereocenters. The molecule has 1 N–H and O–H groups in total. The summed E-state index contributed by atoms with van der Waals surface area (Å²) in [6.07, 6.45) is 6.69. The number of hydrogen-bond donors (Lipinski definition) is 1. The smallest absolute Gasteiger partial charge is 0.281 e. The minimum absolute atomic E-state index is 0.0955. The molecule has 0 fully saturated rings. The minimum atomic E-state index is -0.438. The highest BCUT2D eigenvalue weighted by atomic mass is 35.5. The molecule has 7 nitrogen and oxygen atoms in total. The molecule has 0 radical (unpaired) electrons. The SMILES string of the molecule is CCCC(C)CCC(Cn1c(C(=Nc2ccc(N(C)CC)cc2C)C(=O)Nc2ccccc2C)nc(=O)c2cc(Cl)ccc21)C(C)CCC. The largest absolute Gasteiger partial charge is 0.375 e. The molecule has 3 aromatic carbocycles. The number of amides is 1. The number of benzene rings is 3. The number of carbonyl (C=O) groups excluding carboxylic acids is 1. The Kier molecular flexibility index (Phi) is 13.6. The van der Waals surface area contributed by atoms with E-state index in [9.17, 15) is 9.59 Å². The molecule has 8 heteroatoms. The average Bonchev–Trinajstić information content (AvgIpc) is 3.07. The number of hydrogen-bond acceptors (Lipinski definition) is 5. The Morgan fingerprint density at radius 2 is 1.67 bits per heavy atom. The third-order valence-corrected chi connectivity index (χ3v) is 10.1. The predicted octanol–water partition coefficient (Wildman–Crippen LogP) is 10.2. The lowest BCUT2D eigenvalue weighted by molar-refractivity contribution is -0.110. The summed E-state index contributed by atoms with van der Waals surface area (Å²) < 4.78 is 2.05. The van der Waals surface area contributed by atoms with Crippen LogP contribution in [0.25, 0.3) is 10.9 Å². The van der Waals surface area contributed by atoms with Crippen LogP contribution in [0, 0.1) is 31.6 Å². The standard InChI is InChI=1S/C41H54ClN5O2/c1-9-14-27(4)18-19-31(28(5)15-10-2)26-47-37-23-20-32(42)25-34(37)40(48)45-39(47)38(41(49)44-35-17-13-12-16-29(35)6)43-36-22-21-33(24-30(36)7)46(8)11-3/h12-13,16-17,20-25,27-28,31H,9-11,14-15,18-19,26H2,1-8H3,(H,44,49). The van der Waals surface area contributed by atoms with Crippen LogP contribution in [0.4, 0.5) is 17.1 Å². The van der Waals surface area contributed by atoms with Crippen molar-refractivity contribution in [1.82, 2.24) is 9.55 Å². The molecular formula is C41H54ClN5O2. The van der Waals surface area contributed by atoms with Crippen molar-refractivity contribution in [1.29, 1.82) is 0 Å². The molecule has 1 heterocycles. The highest BCUT2D eigenvalue weighted by molar-refractivity contribution is 6.48. The second-order valence-electron chi connectivity index (χ2n) is 13.7. The van der Waals surface area contributed by atoms with Crippen LogP contribution < -0.4 is 15.8 Å². The Morgan fingerprint density at radius 3 is 2.35 bits per heavy atom. The summed E-state index contributed by atoms with van der Waals surface area (Å²) in [5.41, 5.74) is 4.58. The van der Waals surface area contributed by atoms with Gasteiger partial charge in [0.15, 0.2) is 11.5 Å². The van der Waals surface area contributed by atoms with Crippen molar-refractivity contribution in [3.05, 3.63) is 93.0 Å². The van der Waals surface area contributed by atoms with Gasteiger partial charge in [-0.3, -0.25) is 9.59 Å². The number of aromatic nitrogens is 2. The lowest BCUT2D eigenvalue weighted by Gasteiger charge is -2.28. The van der Waals surface area contributed by atoms with E-state index in [1.54, 1.807) is 12.1 Å². The van der Waals surface area contributed by atoms with E-state index in [4.69, 9.17) is 16.6 Å². The van der Waals surface area contributed by atoms with Gasteiger partial charge in [0.05, 0.1) is 16.6 Å². The molecule has 0 aliphatic carbocycles. The van der Waals surface area contributed by atoms with Crippen LogP contribution in [0.15, 0.2) is 70.5 Å². The fraction of sp³-hybridized carbons (Fsp3) is 0.463. The molecule has 4 aromatic rings. The summed E-state index contributed by atoms with van der Waals surface area (Å²) in [5.74, 6) is 1.19. The summed E-state index contributed by atoms with van der Waals surface area (Å²) in [7, 11) is 2.04. The number of carbonyl (C=O) groups is 1. The van der Waals surface area contributed by atoms with E-state index in [1.807, 2.05) is 63.4 Å². The molecule has 0 aliphatic heterocycles. The van der Waals surface area contributed by atoms with Gasteiger partial charge in [0, 0.05) is 36.5 Å². The average molecular weight is 684 g/mol. The molecule has 4 rings (SSSR count). The van der Waals surface area contributed by atoms with Crippen molar-refractivity contribution in [3.63, 3.8) is 0 Å². The second kappa shape index (κ2) is 17.6. The molecule has 0 aliphatic rings. The van der Waals surface area contributed by atoms with Gasteiger partial charge in [-0.2, -0.15) is 4.98 Å². The highest BCUT2D eigenvalue weighted by Crippen LogP contribution is 2.31. The number of rotatable bonds is 16. The molecule has 0 spiro atoms. The number of fused-ring (bicyclic) bond motifs is 1. The number of para-hydroxylation sites is 1. The Balaban J connectivity index is 1.96. The van der Waals surface area contributed by atoms with Gasteiger partial charge in [-0.15, -0.1) is 0 Å². The van der Waals surface area contributed by atoms with E-state index in [1.165, 1.54) is 12.8 Å². The van der Waals surface area contributed by atoms with E-state index < -0.39 is 11.5 Å². The molecule has 1 amide bonds. The lowest BCUT2D eigenvalue weighted by atomic mass is 9.83. The number of anilines is 2. The van der Waals surface area contributed by atoms with Gasteiger partial charge < -0.3 is 14.8 Å². The Hall–Kier alpha value is -3.97. The zero-order valence-electron chi connectivity index (χ0n) is 30.6. The summed E-state index contributed by atoms with van der Waals surface area (Å²) in [5, 5.41) is 3.98. The van der Waals surface area contributed by atoms with Gasteiger partial charge in [-0.1, -0.05) is 89.6 Å². The predicted molar refractivity (Wildman–Crippen MR) is 208 cm³/mol. The van der Waals surface area contributed by atoms with E-state index in [0.29, 0.717) is 51.6 Å². The monoisotopic (exact) mass is 683 g/mol. The number of halogens is 1. The van der Waals surface area contributed by atoms with Crippen LogP contribution in [0.5, 0.6) is 0 Å². The molecule has 49 heavy (non-hydrogen) atoms. The van der Waals surface area contributed by atoms with Crippen LogP contribution in [0.3, 0.4) is 0 Å². The summed E-state index contributed by atoms with van der Waals surface area (Å²) >= 11 is 6.42. The lowest BCUT2D eigenvalue weighted by Crippen LogP contribution is -2.33. The van der Waals surface area contributed by atoms with Crippen LogP contribution in [-0.4, -0.2) is 34.8 Å². The summed E-state index contributed by atoms with van der Waals surface area (Å²) in [6.45, 7) is 16.6. The third-order valence-electron chi connectivity index (χ3n) is 9.87. The minimum Gasteiger partial charge on any atom is -0.375 e. The van der Waals surface area contributed by atoms with E-state index in [0.717, 1.165) is 49.0 Å². The van der Waals surface area contributed by atoms with Gasteiger partial charge in [0.25, 0.3) is 11.5 Å². The number of nitrogens with one attached hydrogen (secondary N) is 1. The Morgan fingerprint density at radius 1 is 0.939 bits per heavy atom. The molecule has 0 saturated heterocycles. The summed E-state index contributed by atoms with van der Waals surface area (Å²) in [4.78, 5) is 40.0. The van der Waals surface area contributed by atoms with Crippen molar-refractivity contribution in [3.8, 4) is 0 Å². The van der Waals surface area contributed by atoms with Gasteiger partial charge in [0.1, 0.15) is 0 Å². The van der Waals surface area contributed by atoms with Crippen molar-refractivity contribution in [2.45, 2.75) is 93.5 Å². The van der Waals surface area contributed by atoms with Gasteiger partial charge in [-0.05, 0) is 98.5 Å². The molecule has 3 atom stereocenters. The molecule has 0 saturated carbocycles. The topological polar surface area (TPSA) is 79.6 Å². The van der Waals surface area contributed by atoms with Crippen molar-refractivity contribution in [2.75, 3.05) is 23.8 Å². The first-order valence-corrected chi connectivity index (χ1v) is 18.3. The molecule has 1 aromatic heterocycles. The van der Waals surface area contributed by atoms with Crippen LogP contribution in [0.2, 0.25) is 5.02 Å². The first-order valence-electron chi connectivity index (χ1n) is 17.9. The van der Waals surface area contributed by atoms with Crippen LogP contribution in [0.1, 0.15) is 90.1 Å². The maximum Gasteiger partial charge on any atom is 0.281 e. The van der Waals surface area contributed by atoms with Crippen LogP contribution >= 0.6 is 11.6 Å². The first-order chi connectivity index (χ1) is 23.5. The second-order valence-corrected chi connectivity index (χ2v) is 14.2. The maximum atomic E-state index is 14.4. The quantitative estimate of drug-likeness (QED) is 0.119. The van der Waals surface area contributed by atoms with E-state index in [2.05, 4.69) is 60.5 Å². The van der Waals surface area contributed by atoms with E-state index >= 15 is 0 Å². The van der Waals surface area contributed by atoms with Gasteiger partial charge in [-0.25, -0.2) is 4.99 Å². The summed E-state index contributed by atoms with van der Waals surface area (Å²) in [6, 6.07) is 19.0.